The number of nitrogens with one attached hydrogen (secondary N) is 2. The van der Waals surface area contributed by atoms with Gasteiger partial charge >= 0.3 is 0 Å². The normalized spacial score (nSPS) is 12.3. The van der Waals surface area contributed by atoms with Gasteiger partial charge in [0.25, 0.3) is 0 Å². The number of aliphatic hydroxyl groups excluding tert-OH is 1. The number of nitriles is 1. The molecule has 7 heteroatoms. The molecule has 4 rings (SSSR count). The molecule has 0 saturated heterocycles. The third kappa shape index (κ3) is 4.67. The van der Waals surface area contributed by atoms with Crippen LogP contribution < -0.4 is 5.32 Å². The van der Waals surface area contributed by atoms with E-state index >= 15 is 0 Å². The highest BCUT2D eigenvalue weighted by molar-refractivity contribution is 5.92. The molecule has 32 heavy (non-hydrogen) atoms. The molecule has 0 spiro atoms. The average Bonchev–Trinajstić information content (AvgIpc) is 3.38. The molecular formula is C25H26N4O3. The van der Waals surface area contributed by atoms with E-state index in [1.807, 2.05) is 42.4 Å². The molecule has 0 bridgehead atoms. The lowest BCUT2D eigenvalue weighted by Crippen LogP contribution is -2.25. The minimum absolute atomic E-state index is 0.133. The van der Waals surface area contributed by atoms with Crippen molar-refractivity contribution < 1.29 is 14.3 Å². The van der Waals surface area contributed by atoms with E-state index in [2.05, 4.69) is 16.4 Å². The minimum Gasteiger partial charge on any atom is -0.457 e. The highest BCUT2D eigenvalue weighted by Gasteiger charge is 2.18. The van der Waals surface area contributed by atoms with Crippen molar-refractivity contribution in [3.8, 4) is 6.07 Å². The predicted molar refractivity (Wildman–Crippen MR) is 124 cm³/mol. The highest BCUT2D eigenvalue weighted by atomic mass is 16.4. The number of furan rings is 1. The molecule has 2 aromatic heterocycles. The molecule has 4 aromatic rings. The lowest BCUT2D eigenvalue weighted by Gasteiger charge is -2.21. The number of hydrogen-bond acceptors (Lipinski definition) is 5. The van der Waals surface area contributed by atoms with E-state index < -0.39 is 6.23 Å². The topological polar surface area (TPSA) is 105 Å². The number of carbonyl (C=O) groups excluding carboxylic acids is 1. The Morgan fingerprint density at radius 1 is 1.25 bits per heavy atom. The first-order chi connectivity index (χ1) is 15.4. The number of H-pyrrole nitrogens is 1. The maximum absolute atomic E-state index is 11.2. The van der Waals surface area contributed by atoms with Crippen LogP contribution in [0.1, 0.15) is 42.9 Å². The standard InChI is InChI=1S/C25H26N4O3/c1-16(30)28-20-7-9-23-19(12-20)13-24(32-23)25(31)29(2)10-4-3-5-18-15-27-22-8-6-17(14-26)11-21(18)22/h6-9,11-13,15,25,27,31H,3-5,10H2,1-2H3,(H,28,30). The lowest BCUT2D eigenvalue weighted by atomic mass is 10.1. The maximum atomic E-state index is 11.2. The van der Waals surface area contributed by atoms with Crippen molar-refractivity contribution in [3.63, 3.8) is 0 Å². The SMILES string of the molecule is CC(=O)Nc1ccc2oc(C(O)N(C)CCCCc3c[nH]c4ccc(C#N)cc34)cc2c1. The molecular weight excluding hydrogens is 404 g/mol. The Balaban J connectivity index is 1.33. The van der Waals surface area contributed by atoms with Gasteiger partial charge in [0.2, 0.25) is 5.91 Å². The number of carbonyl (C=O) groups is 1. The number of fused-ring (bicyclic) bond motifs is 2. The number of rotatable bonds is 8. The summed E-state index contributed by atoms with van der Waals surface area (Å²) in [7, 11) is 1.87. The third-order valence-corrected chi connectivity index (χ3v) is 5.63. The summed E-state index contributed by atoms with van der Waals surface area (Å²) in [5.41, 5.74) is 4.26. The number of unbranched alkanes of at least 4 members (excludes halogenated alkanes) is 1. The van der Waals surface area contributed by atoms with Gasteiger partial charge in [0.15, 0.2) is 6.23 Å². The molecule has 0 aliphatic heterocycles. The van der Waals surface area contributed by atoms with Crippen LogP contribution in [-0.2, 0) is 11.2 Å². The Morgan fingerprint density at radius 2 is 2.09 bits per heavy atom. The first-order valence-electron chi connectivity index (χ1n) is 10.6. The van der Waals surface area contributed by atoms with Gasteiger partial charge in [-0.1, -0.05) is 0 Å². The van der Waals surface area contributed by atoms with Gasteiger partial charge in [0.05, 0.1) is 11.6 Å². The average molecular weight is 431 g/mol. The summed E-state index contributed by atoms with van der Waals surface area (Å²) in [6.45, 7) is 2.17. The summed E-state index contributed by atoms with van der Waals surface area (Å²) >= 11 is 0. The van der Waals surface area contributed by atoms with E-state index in [4.69, 9.17) is 9.68 Å². The van der Waals surface area contributed by atoms with Crippen LogP contribution >= 0.6 is 0 Å². The van der Waals surface area contributed by atoms with Crippen molar-refractivity contribution in [2.75, 3.05) is 18.9 Å². The Hall–Kier alpha value is -3.60. The quantitative estimate of drug-likeness (QED) is 0.278. The maximum Gasteiger partial charge on any atom is 0.221 e. The van der Waals surface area contributed by atoms with Crippen LogP contribution in [0.5, 0.6) is 0 Å². The van der Waals surface area contributed by atoms with Gasteiger partial charge in [-0.3, -0.25) is 9.69 Å². The number of nitrogens with zero attached hydrogens (tertiary/aromatic N) is 2. The second kappa shape index (κ2) is 9.27. The van der Waals surface area contributed by atoms with Gasteiger partial charge in [-0.15, -0.1) is 0 Å². The molecule has 164 valence electrons. The molecule has 1 atom stereocenters. The number of aromatic amines is 1. The van der Waals surface area contributed by atoms with Gasteiger partial charge in [-0.25, -0.2) is 0 Å². The number of aromatic nitrogens is 1. The molecule has 1 unspecified atom stereocenters. The van der Waals surface area contributed by atoms with Crippen LogP contribution in [0.15, 0.2) is 53.1 Å². The summed E-state index contributed by atoms with van der Waals surface area (Å²) in [6.07, 6.45) is 3.92. The minimum atomic E-state index is -0.849. The number of benzene rings is 2. The van der Waals surface area contributed by atoms with Gasteiger partial charge in [0.1, 0.15) is 11.3 Å². The lowest BCUT2D eigenvalue weighted by molar-refractivity contribution is -0.114. The summed E-state index contributed by atoms with van der Waals surface area (Å²) in [4.78, 5) is 16.4. The van der Waals surface area contributed by atoms with E-state index in [0.29, 0.717) is 29.1 Å². The fourth-order valence-electron chi connectivity index (χ4n) is 3.94. The second-order valence-electron chi connectivity index (χ2n) is 8.08. The smallest absolute Gasteiger partial charge is 0.221 e. The Kier molecular flexibility index (Phi) is 6.26. The zero-order valence-electron chi connectivity index (χ0n) is 18.2. The molecule has 0 aliphatic carbocycles. The Bertz CT molecular complexity index is 1300. The van der Waals surface area contributed by atoms with Crippen molar-refractivity contribution in [1.82, 2.24) is 9.88 Å². The first-order valence-corrected chi connectivity index (χ1v) is 10.6. The summed E-state index contributed by atoms with van der Waals surface area (Å²) in [5.74, 6) is 0.342. The molecule has 0 radical (unpaired) electrons. The van der Waals surface area contributed by atoms with Gasteiger partial charge < -0.3 is 19.8 Å². The number of hydrogen-bond donors (Lipinski definition) is 3. The van der Waals surface area contributed by atoms with Gasteiger partial charge in [-0.2, -0.15) is 5.26 Å². The largest absolute Gasteiger partial charge is 0.457 e. The molecule has 1 amide bonds. The van der Waals surface area contributed by atoms with E-state index in [9.17, 15) is 9.90 Å². The molecule has 2 aromatic carbocycles. The fourth-order valence-corrected chi connectivity index (χ4v) is 3.94. The number of anilines is 1. The van der Waals surface area contributed by atoms with Crippen molar-refractivity contribution in [2.45, 2.75) is 32.4 Å². The highest BCUT2D eigenvalue weighted by Crippen LogP contribution is 2.28. The van der Waals surface area contributed by atoms with E-state index in [1.54, 1.807) is 18.2 Å². The molecule has 0 aliphatic rings. The van der Waals surface area contributed by atoms with Crippen molar-refractivity contribution in [3.05, 3.63) is 65.5 Å². The monoisotopic (exact) mass is 430 g/mol. The van der Waals surface area contributed by atoms with Crippen LogP contribution in [0.2, 0.25) is 0 Å². The van der Waals surface area contributed by atoms with E-state index in [0.717, 1.165) is 35.6 Å². The molecule has 3 N–H and O–H groups in total. The summed E-state index contributed by atoms with van der Waals surface area (Å²) in [5, 5.41) is 24.5. The Morgan fingerprint density at radius 3 is 2.88 bits per heavy atom. The van der Waals surface area contributed by atoms with Crippen LogP contribution in [0.25, 0.3) is 21.9 Å². The number of aliphatic hydroxyl groups is 1. The molecule has 7 nitrogen and oxygen atoms in total. The zero-order chi connectivity index (χ0) is 22.7. The van der Waals surface area contributed by atoms with Gasteiger partial charge in [0, 0.05) is 41.6 Å². The molecule has 0 fully saturated rings. The van der Waals surface area contributed by atoms with Crippen molar-refractivity contribution in [2.24, 2.45) is 0 Å². The van der Waals surface area contributed by atoms with E-state index in [-0.39, 0.29) is 5.91 Å². The van der Waals surface area contributed by atoms with Crippen LogP contribution in [0.3, 0.4) is 0 Å². The number of amides is 1. The Labute approximate surface area is 186 Å². The van der Waals surface area contributed by atoms with Crippen molar-refractivity contribution in [1.29, 1.82) is 5.26 Å². The fraction of sp³-hybridized carbons (Fsp3) is 0.280. The van der Waals surface area contributed by atoms with Crippen LogP contribution in [-0.4, -0.2) is 34.5 Å². The third-order valence-electron chi connectivity index (χ3n) is 5.63. The summed E-state index contributed by atoms with van der Waals surface area (Å²) in [6, 6.07) is 15.1. The summed E-state index contributed by atoms with van der Waals surface area (Å²) < 4.78 is 5.81. The second-order valence-corrected chi connectivity index (χ2v) is 8.08. The number of aryl methyl sites for hydroxylation is 1. The van der Waals surface area contributed by atoms with Crippen LogP contribution in [0.4, 0.5) is 5.69 Å². The van der Waals surface area contributed by atoms with Crippen LogP contribution in [0, 0.1) is 11.3 Å². The van der Waals surface area contributed by atoms with Crippen molar-refractivity contribution >= 4 is 33.5 Å². The molecule has 0 saturated carbocycles. The first kappa shape index (κ1) is 21.6. The predicted octanol–water partition coefficient (Wildman–Crippen LogP) is 4.69. The molecule has 2 heterocycles. The van der Waals surface area contributed by atoms with Gasteiger partial charge in [-0.05, 0) is 74.3 Å². The van der Waals surface area contributed by atoms with E-state index in [1.165, 1.54) is 12.5 Å². The zero-order valence-corrected chi connectivity index (χ0v) is 18.2.